The van der Waals surface area contributed by atoms with Crippen LogP contribution >= 0.6 is 0 Å². The van der Waals surface area contributed by atoms with Gasteiger partial charge in [0.25, 0.3) is 5.89 Å². The van der Waals surface area contributed by atoms with Crippen molar-refractivity contribution in [2.75, 3.05) is 0 Å². The Kier molecular flexibility index (Phi) is 4.75. The van der Waals surface area contributed by atoms with Gasteiger partial charge in [-0.3, -0.25) is 4.68 Å². The maximum atomic E-state index is 12.6. The molecule has 4 rings (SSSR count). The first kappa shape index (κ1) is 18.7. The highest BCUT2D eigenvalue weighted by atomic mass is 19.4. The number of halogens is 3. The zero-order chi connectivity index (χ0) is 20.4. The summed E-state index contributed by atoms with van der Waals surface area (Å²) in [4.78, 5) is 8.09. The minimum atomic E-state index is -4.45. The molecule has 0 spiro atoms. The fraction of sp³-hybridized carbons (Fsp3) is 0.158. The topological polar surface area (TPSA) is 78.9 Å². The summed E-state index contributed by atoms with van der Waals surface area (Å²) in [6.45, 7) is 0.00719. The van der Waals surface area contributed by atoms with Gasteiger partial charge in [0.1, 0.15) is 6.61 Å². The molecule has 0 radical (unpaired) electrons. The smallest absolute Gasteiger partial charge is 0.417 e. The first-order valence-electron chi connectivity index (χ1n) is 8.48. The predicted octanol–water partition coefficient (Wildman–Crippen LogP) is 4.13. The van der Waals surface area contributed by atoms with Crippen molar-refractivity contribution in [3.05, 3.63) is 66.1 Å². The molecule has 0 aliphatic rings. The van der Waals surface area contributed by atoms with Crippen LogP contribution in [-0.2, 0) is 19.8 Å². The zero-order valence-electron chi connectivity index (χ0n) is 15.1. The Morgan fingerprint density at radius 2 is 1.86 bits per heavy atom. The summed E-state index contributed by atoms with van der Waals surface area (Å²) in [5.41, 5.74) is 1.13. The second kappa shape index (κ2) is 7.38. The number of rotatable bonds is 5. The summed E-state index contributed by atoms with van der Waals surface area (Å²) in [6, 6.07) is 11.4. The van der Waals surface area contributed by atoms with Gasteiger partial charge in [-0.1, -0.05) is 35.5 Å². The number of aromatic nitrogens is 5. The summed E-state index contributed by atoms with van der Waals surface area (Å²) in [7, 11) is 1.71. The molecule has 3 aromatic heterocycles. The minimum Gasteiger partial charge on any atom is -0.471 e. The molecular weight excluding hydrogens is 387 g/mol. The first-order valence-corrected chi connectivity index (χ1v) is 8.48. The Morgan fingerprint density at radius 3 is 2.55 bits per heavy atom. The zero-order valence-corrected chi connectivity index (χ0v) is 15.1. The van der Waals surface area contributed by atoms with Gasteiger partial charge in [0.15, 0.2) is 0 Å². The number of pyridine rings is 1. The number of ether oxygens (including phenoxy) is 1. The quantitative estimate of drug-likeness (QED) is 0.500. The van der Waals surface area contributed by atoms with Gasteiger partial charge in [-0.05, 0) is 6.07 Å². The maximum absolute atomic E-state index is 12.6. The van der Waals surface area contributed by atoms with E-state index >= 15 is 0 Å². The van der Waals surface area contributed by atoms with Crippen LogP contribution in [0.4, 0.5) is 13.2 Å². The van der Waals surface area contributed by atoms with E-state index in [1.165, 1.54) is 6.07 Å². The normalized spacial score (nSPS) is 11.6. The lowest BCUT2D eigenvalue weighted by Crippen LogP contribution is -2.07. The monoisotopic (exact) mass is 401 g/mol. The van der Waals surface area contributed by atoms with Crippen molar-refractivity contribution in [1.82, 2.24) is 24.9 Å². The van der Waals surface area contributed by atoms with Gasteiger partial charge >= 0.3 is 6.18 Å². The number of benzene rings is 1. The molecule has 0 atom stereocenters. The van der Waals surface area contributed by atoms with Gasteiger partial charge in [0.2, 0.25) is 11.7 Å². The van der Waals surface area contributed by atoms with E-state index < -0.39 is 11.7 Å². The third kappa shape index (κ3) is 3.96. The van der Waals surface area contributed by atoms with Crippen molar-refractivity contribution in [1.29, 1.82) is 0 Å². The van der Waals surface area contributed by atoms with Gasteiger partial charge in [-0.25, -0.2) is 4.98 Å². The van der Waals surface area contributed by atoms with Gasteiger partial charge in [0, 0.05) is 24.9 Å². The maximum Gasteiger partial charge on any atom is 0.417 e. The molecule has 29 heavy (non-hydrogen) atoms. The van der Waals surface area contributed by atoms with Crippen LogP contribution in [0.3, 0.4) is 0 Å². The molecule has 0 bridgehead atoms. The van der Waals surface area contributed by atoms with Crippen LogP contribution in [0.15, 0.2) is 59.4 Å². The average Bonchev–Trinajstić information content (AvgIpc) is 3.33. The lowest BCUT2D eigenvalue weighted by molar-refractivity contribution is -0.137. The summed E-state index contributed by atoms with van der Waals surface area (Å²) >= 11 is 0. The molecule has 3 heterocycles. The van der Waals surface area contributed by atoms with E-state index in [2.05, 4.69) is 20.2 Å². The van der Waals surface area contributed by atoms with Gasteiger partial charge in [-0.15, -0.1) is 0 Å². The van der Waals surface area contributed by atoms with Crippen LogP contribution in [0.1, 0.15) is 11.3 Å². The Labute approximate surface area is 162 Å². The standard InChI is InChI=1S/C19H14F3N5O2/c1-27-15(11-28-16-8-7-13(9-23-16)19(20,21)22)14(10-24-27)18-25-17(26-29-18)12-5-3-2-4-6-12/h2-10H,11H2,1H3. The Hall–Kier alpha value is -3.69. The van der Waals surface area contributed by atoms with E-state index in [-0.39, 0.29) is 18.4 Å². The van der Waals surface area contributed by atoms with Crippen LogP contribution in [0.25, 0.3) is 22.8 Å². The van der Waals surface area contributed by atoms with Crippen molar-refractivity contribution in [2.45, 2.75) is 12.8 Å². The summed E-state index contributed by atoms with van der Waals surface area (Å²) in [5, 5.41) is 8.15. The molecular formula is C19H14F3N5O2. The highest BCUT2D eigenvalue weighted by molar-refractivity contribution is 5.60. The third-order valence-electron chi connectivity index (χ3n) is 4.17. The molecule has 148 valence electrons. The largest absolute Gasteiger partial charge is 0.471 e. The molecule has 0 unspecified atom stereocenters. The lowest BCUT2D eigenvalue weighted by Gasteiger charge is -2.09. The SMILES string of the molecule is Cn1ncc(-c2nc(-c3ccccc3)no2)c1COc1ccc(C(F)(F)F)cn1. The predicted molar refractivity (Wildman–Crippen MR) is 95.5 cm³/mol. The second-order valence-corrected chi connectivity index (χ2v) is 6.09. The van der Waals surface area contributed by atoms with Crippen molar-refractivity contribution in [2.24, 2.45) is 7.05 Å². The average molecular weight is 401 g/mol. The number of hydrogen-bond acceptors (Lipinski definition) is 6. The fourth-order valence-electron chi connectivity index (χ4n) is 2.63. The number of aryl methyl sites for hydroxylation is 1. The van der Waals surface area contributed by atoms with Crippen molar-refractivity contribution < 1.29 is 22.4 Å². The fourth-order valence-corrected chi connectivity index (χ4v) is 2.63. The highest BCUT2D eigenvalue weighted by Crippen LogP contribution is 2.30. The minimum absolute atomic E-state index is 0.00719. The van der Waals surface area contributed by atoms with Crippen molar-refractivity contribution in [3.63, 3.8) is 0 Å². The molecule has 0 fully saturated rings. The Balaban J connectivity index is 1.53. The highest BCUT2D eigenvalue weighted by Gasteiger charge is 2.30. The first-order chi connectivity index (χ1) is 13.9. The van der Waals surface area contributed by atoms with E-state index in [0.717, 1.165) is 17.8 Å². The molecule has 4 aromatic rings. The van der Waals surface area contributed by atoms with Gasteiger partial charge in [-0.2, -0.15) is 23.3 Å². The summed E-state index contributed by atoms with van der Waals surface area (Å²) in [5.74, 6) is 0.748. The molecule has 1 aromatic carbocycles. The van der Waals surface area contributed by atoms with Crippen LogP contribution in [-0.4, -0.2) is 24.9 Å². The van der Waals surface area contributed by atoms with E-state index in [1.807, 2.05) is 30.3 Å². The molecule has 0 amide bonds. The summed E-state index contributed by atoms with van der Waals surface area (Å²) in [6.07, 6.45) is -2.17. The molecule has 0 aliphatic carbocycles. The van der Waals surface area contributed by atoms with E-state index in [0.29, 0.717) is 17.1 Å². The van der Waals surface area contributed by atoms with E-state index in [9.17, 15) is 13.2 Å². The van der Waals surface area contributed by atoms with Crippen LogP contribution in [0, 0.1) is 0 Å². The van der Waals surface area contributed by atoms with E-state index in [1.54, 1.807) is 17.9 Å². The van der Waals surface area contributed by atoms with Crippen LogP contribution < -0.4 is 4.74 Å². The Morgan fingerprint density at radius 1 is 1.07 bits per heavy atom. The van der Waals surface area contributed by atoms with Crippen molar-refractivity contribution >= 4 is 0 Å². The molecule has 0 aliphatic heterocycles. The second-order valence-electron chi connectivity index (χ2n) is 6.09. The molecule has 0 saturated carbocycles. The van der Waals surface area contributed by atoms with Gasteiger partial charge < -0.3 is 9.26 Å². The molecule has 0 saturated heterocycles. The van der Waals surface area contributed by atoms with Crippen LogP contribution in [0.2, 0.25) is 0 Å². The number of hydrogen-bond donors (Lipinski definition) is 0. The third-order valence-corrected chi connectivity index (χ3v) is 4.17. The molecule has 10 heteroatoms. The van der Waals surface area contributed by atoms with Crippen molar-refractivity contribution in [3.8, 4) is 28.7 Å². The molecule has 0 N–H and O–H groups in total. The van der Waals surface area contributed by atoms with E-state index in [4.69, 9.17) is 9.26 Å². The lowest BCUT2D eigenvalue weighted by atomic mass is 10.2. The van der Waals surface area contributed by atoms with Crippen LogP contribution in [0.5, 0.6) is 5.88 Å². The Bertz CT molecular complexity index is 1110. The van der Waals surface area contributed by atoms with Gasteiger partial charge in [0.05, 0.1) is 23.0 Å². The summed E-state index contributed by atoms with van der Waals surface area (Å²) < 4.78 is 50.3. The molecule has 7 nitrogen and oxygen atoms in total. The number of nitrogens with zero attached hydrogens (tertiary/aromatic N) is 5. The number of alkyl halides is 3.